The van der Waals surface area contributed by atoms with Crippen molar-refractivity contribution < 1.29 is 9.90 Å². The molecule has 0 amide bonds. The maximum atomic E-state index is 10.9. The van der Waals surface area contributed by atoms with Gasteiger partial charge in [0.2, 0.25) is 0 Å². The monoisotopic (exact) mass is 234 g/mol. The molecule has 17 heavy (non-hydrogen) atoms. The highest BCUT2D eigenvalue weighted by Gasteiger charge is 2.23. The Labute approximate surface area is 101 Å². The van der Waals surface area contributed by atoms with Gasteiger partial charge in [0.15, 0.2) is 0 Å². The minimum atomic E-state index is -0.985. The number of aromatic carboxylic acids is 1. The van der Waals surface area contributed by atoms with Gasteiger partial charge in [-0.15, -0.1) is 0 Å². The molecule has 0 saturated heterocycles. The van der Waals surface area contributed by atoms with Gasteiger partial charge in [0, 0.05) is 6.04 Å². The molecule has 4 heteroatoms. The number of rotatable bonds is 5. The topological polar surface area (TPSA) is 75.3 Å². The molecule has 0 spiro atoms. The van der Waals surface area contributed by atoms with Crippen LogP contribution in [0.25, 0.3) is 0 Å². The van der Waals surface area contributed by atoms with Gasteiger partial charge in [0.05, 0.1) is 16.9 Å². The van der Waals surface area contributed by atoms with Gasteiger partial charge >= 0.3 is 5.97 Å². The molecule has 0 heterocycles. The Kier molecular flexibility index (Phi) is 3.22. The summed E-state index contributed by atoms with van der Waals surface area (Å²) in [5.41, 5.74) is 7.04. The van der Waals surface area contributed by atoms with E-state index in [4.69, 9.17) is 10.8 Å². The lowest BCUT2D eigenvalue weighted by Gasteiger charge is -2.17. The summed E-state index contributed by atoms with van der Waals surface area (Å²) in [5.74, 6) is -0.151. The van der Waals surface area contributed by atoms with Crippen LogP contribution in [0.2, 0.25) is 0 Å². The number of carbonyl (C=O) groups is 1. The highest BCUT2D eigenvalue weighted by Crippen LogP contribution is 2.34. The van der Waals surface area contributed by atoms with Crippen molar-refractivity contribution >= 4 is 17.3 Å². The maximum Gasteiger partial charge on any atom is 0.337 e. The van der Waals surface area contributed by atoms with Crippen LogP contribution in [0.4, 0.5) is 11.4 Å². The van der Waals surface area contributed by atoms with Gasteiger partial charge in [-0.2, -0.15) is 0 Å². The van der Waals surface area contributed by atoms with Crippen molar-refractivity contribution in [2.75, 3.05) is 11.1 Å². The Balaban J connectivity index is 2.08. The Bertz CT molecular complexity index is 427. The Hall–Kier alpha value is -1.71. The molecule has 1 fully saturated rings. The molecule has 2 rings (SSSR count). The second-order valence-electron chi connectivity index (χ2n) is 4.80. The first kappa shape index (κ1) is 11.8. The first-order valence-corrected chi connectivity index (χ1v) is 5.96. The molecule has 0 radical (unpaired) electrons. The molecule has 0 aliphatic heterocycles. The summed E-state index contributed by atoms with van der Waals surface area (Å²) in [6, 6.07) is 5.39. The van der Waals surface area contributed by atoms with Crippen molar-refractivity contribution in [3.05, 3.63) is 23.8 Å². The van der Waals surface area contributed by atoms with Crippen LogP contribution >= 0.6 is 0 Å². The van der Waals surface area contributed by atoms with E-state index in [1.165, 1.54) is 18.9 Å². The zero-order valence-corrected chi connectivity index (χ0v) is 9.94. The van der Waals surface area contributed by atoms with Gasteiger partial charge in [-0.25, -0.2) is 4.79 Å². The van der Waals surface area contributed by atoms with Crippen molar-refractivity contribution in [1.82, 2.24) is 0 Å². The van der Waals surface area contributed by atoms with Crippen LogP contribution in [-0.2, 0) is 0 Å². The van der Waals surface area contributed by atoms with Crippen LogP contribution in [0, 0.1) is 5.92 Å². The van der Waals surface area contributed by atoms with Crippen molar-refractivity contribution in [2.24, 2.45) is 5.92 Å². The first-order chi connectivity index (χ1) is 8.08. The number of nitrogens with one attached hydrogen (secondary N) is 1. The van der Waals surface area contributed by atoms with Gasteiger partial charge in [-0.05, 0) is 31.4 Å². The van der Waals surface area contributed by atoms with Crippen molar-refractivity contribution in [1.29, 1.82) is 0 Å². The summed E-state index contributed by atoms with van der Waals surface area (Å²) in [5, 5.41) is 12.3. The number of benzene rings is 1. The largest absolute Gasteiger partial charge is 0.478 e. The molecule has 1 unspecified atom stereocenters. The van der Waals surface area contributed by atoms with Crippen molar-refractivity contribution in [3.63, 3.8) is 0 Å². The number of carboxylic acids is 1. The number of anilines is 2. The van der Waals surface area contributed by atoms with Gasteiger partial charge in [0.25, 0.3) is 0 Å². The lowest BCUT2D eigenvalue weighted by Crippen LogP contribution is -2.17. The molecule has 92 valence electrons. The zero-order valence-electron chi connectivity index (χ0n) is 9.94. The third-order valence-electron chi connectivity index (χ3n) is 3.12. The normalized spacial score (nSPS) is 16.5. The van der Waals surface area contributed by atoms with E-state index in [1.807, 2.05) is 6.07 Å². The molecular weight excluding hydrogens is 216 g/mol. The lowest BCUT2D eigenvalue weighted by molar-refractivity contribution is 0.0698. The number of hydrogen-bond donors (Lipinski definition) is 3. The third-order valence-corrected chi connectivity index (χ3v) is 3.12. The van der Waals surface area contributed by atoms with Gasteiger partial charge in [-0.1, -0.05) is 18.9 Å². The fourth-order valence-electron chi connectivity index (χ4n) is 2.06. The van der Waals surface area contributed by atoms with Gasteiger partial charge in [-0.3, -0.25) is 0 Å². The molecule has 0 aromatic heterocycles. The highest BCUT2D eigenvalue weighted by atomic mass is 16.4. The molecule has 0 bridgehead atoms. The van der Waals surface area contributed by atoms with Crippen LogP contribution in [0.3, 0.4) is 0 Å². The third kappa shape index (κ3) is 2.90. The van der Waals surface area contributed by atoms with Crippen molar-refractivity contribution in [3.8, 4) is 0 Å². The number of hydrogen-bond acceptors (Lipinski definition) is 3. The van der Waals surface area contributed by atoms with E-state index in [0.29, 0.717) is 11.7 Å². The lowest BCUT2D eigenvalue weighted by atomic mass is 10.1. The number of nitrogen functional groups attached to an aromatic ring is 1. The van der Waals surface area contributed by atoms with Crippen molar-refractivity contribution in [2.45, 2.75) is 32.2 Å². The predicted molar refractivity (Wildman–Crippen MR) is 68.2 cm³/mol. The summed E-state index contributed by atoms with van der Waals surface area (Å²) >= 11 is 0. The van der Waals surface area contributed by atoms with E-state index in [0.717, 1.165) is 18.0 Å². The van der Waals surface area contributed by atoms with E-state index in [1.54, 1.807) is 6.07 Å². The molecule has 1 aliphatic rings. The van der Waals surface area contributed by atoms with E-state index < -0.39 is 5.97 Å². The summed E-state index contributed by atoms with van der Waals surface area (Å²) in [4.78, 5) is 10.9. The summed E-state index contributed by atoms with van der Waals surface area (Å²) in [6.07, 6.45) is 3.75. The molecular formula is C13H18N2O2. The Morgan fingerprint density at radius 1 is 1.59 bits per heavy atom. The molecule has 1 aliphatic carbocycles. The number of para-hydroxylation sites is 1. The molecule has 4 nitrogen and oxygen atoms in total. The average Bonchev–Trinajstić information content (AvgIpc) is 3.04. The number of nitrogens with two attached hydrogens (primary N) is 1. The van der Waals surface area contributed by atoms with Crippen LogP contribution < -0.4 is 11.1 Å². The van der Waals surface area contributed by atoms with E-state index in [9.17, 15) is 4.79 Å². The smallest absolute Gasteiger partial charge is 0.337 e. The van der Waals surface area contributed by atoms with Crippen LogP contribution in [-0.4, -0.2) is 17.1 Å². The molecule has 4 N–H and O–H groups in total. The summed E-state index contributed by atoms with van der Waals surface area (Å²) < 4.78 is 0. The van der Waals surface area contributed by atoms with Crippen LogP contribution in [0.5, 0.6) is 0 Å². The fourth-order valence-corrected chi connectivity index (χ4v) is 2.06. The van der Waals surface area contributed by atoms with Crippen LogP contribution in [0.15, 0.2) is 18.2 Å². The summed E-state index contributed by atoms with van der Waals surface area (Å²) in [7, 11) is 0. The second kappa shape index (κ2) is 4.65. The maximum absolute atomic E-state index is 10.9. The first-order valence-electron chi connectivity index (χ1n) is 5.96. The fraction of sp³-hybridized carbons (Fsp3) is 0.462. The number of carboxylic acid groups (broad SMARTS) is 1. The molecule has 1 aromatic rings. The SMILES string of the molecule is CC(CC1CC1)Nc1cccc(C(=O)O)c1N. The van der Waals surface area contributed by atoms with Gasteiger partial charge < -0.3 is 16.2 Å². The Morgan fingerprint density at radius 3 is 2.88 bits per heavy atom. The van der Waals surface area contributed by atoms with Crippen LogP contribution in [0.1, 0.15) is 36.5 Å². The molecule has 1 atom stereocenters. The molecule has 1 aromatic carbocycles. The summed E-state index contributed by atoms with van der Waals surface area (Å²) in [6.45, 7) is 2.10. The van der Waals surface area contributed by atoms with E-state index in [2.05, 4.69) is 12.2 Å². The average molecular weight is 234 g/mol. The molecule has 1 saturated carbocycles. The minimum Gasteiger partial charge on any atom is -0.478 e. The Morgan fingerprint density at radius 2 is 2.29 bits per heavy atom. The standard InChI is InChI=1S/C13H18N2O2/c1-8(7-9-5-6-9)15-11-4-2-3-10(12(11)14)13(16)17/h2-4,8-9,15H,5-7,14H2,1H3,(H,16,17). The quantitative estimate of drug-likeness (QED) is 0.684. The van der Waals surface area contributed by atoms with E-state index in [-0.39, 0.29) is 5.56 Å². The zero-order chi connectivity index (χ0) is 12.4. The van der Waals surface area contributed by atoms with E-state index >= 15 is 0 Å². The predicted octanol–water partition coefficient (Wildman–Crippen LogP) is 2.57. The minimum absolute atomic E-state index is 0.161. The second-order valence-corrected chi connectivity index (χ2v) is 4.80. The van der Waals surface area contributed by atoms with Gasteiger partial charge in [0.1, 0.15) is 0 Å². The highest BCUT2D eigenvalue weighted by molar-refractivity contribution is 5.97.